The second kappa shape index (κ2) is 13.1. The average molecular weight is 602 g/mol. The van der Waals surface area contributed by atoms with Crippen molar-refractivity contribution in [2.45, 2.75) is 63.6 Å². The molecule has 0 saturated carbocycles. The van der Waals surface area contributed by atoms with E-state index in [0.29, 0.717) is 34.6 Å². The highest BCUT2D eigenvalue weighted by Gasteiger charge is 2.46. The number of carboxylic acids is 1. The van der Waals surface area contributed by atoms with Gasteiger partial charge in [-0.25, -0.2) is 13.6 Å². The molecule has 0 aromatic heterocycles. The minimum atomic E-state index is -1.26. The minimum absolute atomic E-state index is 0.0583. The molecule has 4 rings (SSSR count). The number of amides is 2. The van der Waals surface area contributed by atoms with Gasteiger partial charge in [-0.05, 0) is 49.6 Å². The first-order valence-electron chi connectivity index (χ1n) is 13.5. The summed E-state index contributed by atoms with van der Waals surface area (Å²) < 4.78 is 27.9. The van der Waals surface area contributed by atoms with Crippen LogP contribution < -0.4 is 5.32 Å². The predicted octanol–water partition coefficient (Wildman–Crippen LogP) is 4.03. The number of carbonyl (C=O) groups excluding carboxylic acids is 3. The molecule has 2 heterocycles. The number of benzene rings is 2. The molecule has 12 heteroatoms. The van der Waals surface area contributed by atoms with Gasteiger partial charge in [0, 0.05) is 59.4 Å². The maximum atomic E-state index is 14.0. The van der Waals surface area contributed by atoms with Crippen molar-refractivity contribution < 1.29 is 38.2 Å². The second-order valence-corrected chi connectivity index (χ2v) is 12.1. The Kier molecular flexibility index (Phi) is 9.80. The lowest BCUT2D eigenvalue weighted by Crippen LogP contribution is -2.40. The summed E-state index contributed by atoms with van der Waals surface area (Å²) in [5.41, 5.74) is 0.988. The Bertz CT molecular complexity index is 1400. The zero-order valence-electron chi connectivity index (χ0n) is 23.4. The Morgan fingerprint density at radius 3 is 2.45 bits per heavy atom. The summed E-state index contributed by atoms with van der Waals surface area (Å²) in [6, 6.07) is 8.27. The monoisotopic (exact) mass is 601 g/mol. The molecule has 224 valence electrons. The number of nitrogens with zero attached hydrogens (tertiary/aromatic N) is 2. The first-order valence-corrected chi connectivity index (χ1v) is 14.4. The van der Waals surface area contributed by atoms with Crippen LogP contribution >= 0.6 is 11.8 Å². The van der Waals surface area contributed by atoms with Gasteiger partial charge < -0.3 is 20.4 Å². The van der Waals surface area contributed by atoms with E-state index in [-0.39, 0.29) is 42.2 Å². The van der Waals surface area contributed by atoms with Crippen molar-refractivity contribution in [1.82, 2.24) is 9.80 Å². The summed E-state index contributed by atoms with van der Waals surface area (Å²) in [5, 5.41) is 22.7. The van der Waals surface area contributed by atoms with Gasteiger partial charge in [-0.15, -0.1) is 11.8 Å². The number of aliphatic hydroxyl groups is 1. The average Bonchev–Trinajstić information content (AvgIpc) is 3.42. The van der Waals surface area contributed by atoms with Crippen LogP contribution in [0.2, 0.25) is 0 Å². The highest BCUT2D eigenvalue weighted by atomic mass is 32.2. The second-order valence-electron chi connectivity index (χ2n) is 10.8. The van der Waals surface area contributed by atoms with Gasteiger partial charge in [0.05, 0.1) is 12.1 Å². The first-order chi connectivity index (χ1) is 19.9. The van der Waals surface area contributed by atoms with Crippen molar-refractivity contribution in [3.8, 4) is 0 Å². The van der Waals surface area contributed by atoms with Gasteiger partial charge in [0.15, 0.2) is 0 Å². The van der Waals surface area contributed by atoms with Crippen LogP contribution in [0.4, 0.5) is 14.5 Å². The Balaban J connectivity index is 1.63. The molecular weight excluding hydrogens is 568 g/mol. The van der Waals surface area contributed by atoms with Crippen LogP contribution in [0.5, 0.6) is 0 Å². The minimum Gasteiger partial charge on any atom is -0.477 e. The number of aldehydes is 1. The molecule has 0 aliphatic carbocycles. The van der Waals surface area contributed by atoms with Crippen LogP contribution in [0.25, 0.3) is 0 Å². The third-order valence-electron chi connectivity index (χ3n) is 7.48. The van der Waals surface area contributed by atoms with Crippen molar-refractivity contribution in [3.05, 3.63) is 75.8 Å². The third-order valence-corrected chi connectivity index (χ3v) is 8.97. The molecule has 0 bridgehead atoms. The molecule has 2 aliphatic heterocycles. The molecule has 42 heavy (non-hydrogen) atoms. The van der Waals surface area contributed by atoms with E-state index >= 15 is 0 Å². The number of carboxylic acid groups (broad SMARTS) is 1. The standard InChI is InChI=1S/C30H33F2N3O6S/c1-16(37)7-25-17(2)28(27(30(40)41)35(25)18(3)38)42-24-12-26(29(39)33-23-6-4-5-19(10-23)15-36)34(14-24)13-20-8-21(31)11-22(32)9-20/h4-6,8-11,15-17,24-26,37H,7,12-14H2,1-3H3,(H,33,39)(H,40,41)/t16-,17-,24+,25+,26+/m1/s1. The van der Waals surface area contributed by atoms with Gasteiger partial charge in [-0.3, -0.25) is 19.3 Å². The Morgan fingerprint density at radius 2 is 1.86 bits per heavy atom. The van der Waals surface area contributed by atoms with Crippen molar-refractivity contribution in [2.24, 2.45) is 5.92 Å². The maximum Gasteiger partial charge on any atom is 0.353 e. The third kappa shape index (κ3) is 7.05. The van der Waals surface area contributed by atoms with Gasteiger partial charge in [-0.1, -0.05) is 19.1 Å². The molecule has 1 saturated heterocycles. The number of halogens is 2. The van der Waals surface area contributed by atoms with E-state index in [9.17, 15) is 38.2 Å². The number of aliphatic hydroxyl groups excluding tert-OH is 1. The van der Waals surface area contributed by atoms with Crippen molar-refractivity contribution in [3.63, 3.8) is 0 Å². The summed E-state index contributed by atoms with van der Waals surface area (Å²) in [5.74, 6) is -3.97. The number of thioether (sulfide) groups is 1. The van der Waals surface area contributed by atoms with Crippen LogP contribution in [-0.2, 0) is 20.9 Å². The Morgan fingerprint density at radius 1 is 1.17 bits per heavy atom. The van der Waals surface area contributed by atoms with E-state index in [0.717, 1.165) is 6.07 Å². The van der Waals surface area contributed by atoms with E-state index in [1.165, 1.54) is 41.8 Å². The zero-order valence-corrected chi connectivity index (χ0v) is 24.2. The summed E-state index contributed by atoms with van der Waals surface area (Å²) >= 11 is 1.27. The van der Waals surface area contributed by atoms with Crippen LogP contribution in [0.3, 0.4) is 0 Å². The number of likely N-dealkylation sites (tertiary alicyclic amines) is 1. The summed E-state index contributed by atoms with van der Waals surface area (Å²) in [6.45, 7) is 5.03. The normalized spacial score (nSPS) is 23.2. The lowest BCUT2D eigenvalue weighted by molar-refractivity contribution is -0.140. The number of hydrogen-bond donors (Lipinski definition) is 3. The molecule has 9 nitrogen and oxygen atoms in total. The van der Waals surface area contributed by atoms with Crippen LogP contribution in [0.15, 0.2) is 53.1 Å². The largest absolute Gasteiger partial charge is 0.477 e. The van der Waals surface area contributed by atoms with E-state index in [4.69, 9.17) is 0 Å². The SMILES string of the molecule is CC(=O)N1C(C(=O)O)=C(S[C@H]2C[C@@H](C(=O)Nc3cccc(C=O)c3)N(Cc3cc(F)cc(F)c3)C2)[C@H](C)[C@@H]1C[C@@H](C)O. The van der Waals surface area contributed by atoms with Crippen molar-refractivity contribution in [2.75, 3.05) is 11.9 Å². The molecule has 1 fully saturated rings. The van der Waals surface area contributed by atoms with E-state index in [2.05, 4.69) is 5.32 Å². The molecule has 0 radical (unpaired) electrons. The number of anilines is 1. The van der Waals surface area contributed by atoms with Gasteiger partial charge >= 0.3 is 5.97 Å². The van der Waals surface area contributed by atoms with E-state index < -0.39 is 41.7 Å². The summed E-state index contributed by atoms with van der Waals surface area (Å²) in [6.07, 6.45) is 0.368. The van der Waals surface area contributed by atoms with Crippen LogP contribution in [0.1, 0.15) is 49.5 Å². The lowest BCUT2D eigenvalue weighted by atomic mass is 9.98. The molecule has 2 amide bonds. The molecular formula is C30H33F2N3O6S. The van der Waals surface area contributed by atoms with Gasteiger partial charge in [0.2, 0.25) is 11.8 Å². The first kappa shape index (κ1) is 31.3. The van der Waals surface area contributed by atoms with Gasteiger partial charge in [0.25, 0.3) is 0 Å². The molecule has 5 atom stereocenters. The molecule has 2 aliphatic rings. The zero-order chi connectivity index (χ0) is 30.7. The fourth-order valence-corrected chi connectivity index (χ4v) is 7.32. The summed E-state index contributed by atoms with van der Waals surface area (Å²) in [4.78, 5) is 53.1. The number of hydrogen-bond acceptors (Lipinski definition) is 7. The highest BCUT2D eigenvalue weighted by Crippen LogP contribution is 2.46. The molecule has 0 spiro atoms. The van der Waals surface area contributed by atoms with Gasteiger partial charge in [0.1, 0.15) is 23.6 Å². The number of nitrogens with one attached hydrogen (secondary N) is 1. The van der Waals surface area contributed by atoms with Crippen molar-refractivity contribution in [1.29, 1.82) is 0 Å². The Hall–Kier alpha value is -3.61. The van der Waals surface area contributed by atoms with Crippen LogP contribution in [0, 0.1) is 17.6 Å². The number of carbonyl (C=O) groups is 4. The molecule has 3 N–H and O–H groups in total. The number of rotatable bonds is 10. The predicted molar refractivity (Wildman–Crippen MR) is 153 cm³/mol. The highest BCUT2D eigenvalue weighted by molar-refractivity contribution is 8.03. The fraction of sp³-hybridized carbons (Fsp3) is 0.400. The van der Waals surface area contributed by atoms with Crippen LogP contribution in [-0.4, -0.2) is 74.1 Å². The van der Waals surface area contributed by atoms with Crippen molar-refractivity contribution >= 4 is 41.5 Å². The molecule has 2 aromatic carbocycles. The fourth-order valence-electron chi connectivity index (χ4n) is 5.75. The topological polar surface area (TPSA) is 127 Å². The quantitative estimate of drug-likeness (QED) is 0.349. The van der Waals surface area contributed by atoms with Gasteiger partial charge in [-0.2, -0.15) is 0 Å². The van der Waals surface area contributed by atoms with E-state index in [1.807, 2.05) is 6.92 Å². The van der Waals surface area contributed by atoms with E-state index in [1.54, 1.807) is 30.0 Å². The molecule has 2 aromatic rings. The maximum absolute atomic E-state index is 14.0. The smallest absolute Gasteiger partial charge is 0.353 e. The Labute approximate surface area is 246 Å². The number of aliphatic carboxylic acids is 1. The molecule has 0 unspecified atom stereocenters. The summed E-state index contributed by atoms with van der Waals surface area (Å²) in [7, 11) is 0. The lowest BCUT2D eigenvalue weighted by Gasteiger charge is -2.28.